The van der Waals surface area contributed by atoms with Gasteiger partial charge in [0.2, 0.25) is 5.91 Å². The molecular weight excluding hydrogens is 268 g/mol. The number of carbonyl (C=O) groups excluding carboxylic acids is 2. The third kappa shape index (κ3) is 4.70. The highest BCUT2D eigenvalue weighted by molar-refractivity contribution is 5.78. The van der Waals surface area contributed by atoms with Crippen LogP contribution in [0.15, 0.2) is 0 Å². The molecule has 1 rings (SSSR count). The normalized spacial score (nSPS) is 24.2. The topological polar surface area (TPSA) is 72.6 Å². The number of ether oxygens (including phenoxy) is 1. The van der Waals surface area contributed by atoms with Crippen molar-refractivity contribution >= 4 is 11.9 Å². The summed E-state index contributed by atoms with van der Waals surface area (Å²) in [6.45, 7) is 14.8. The summed E-state index contributed by atoms with van der Waals surface area (Å²) in [6, 6.07) is 0.216. The van der Waals surface area contributed by atoms with Crippen LogP contribution in [0.25, 0.3) is 0 Å². The maximum Gasteiger partial charge on any atom is 0.310 e. The van der Waals surface area contributed by atoms with E-state index >= 15 is 0 Å². The van der Waals surface area contributed by atoms with Crippen LogP contribution < -0.4 is 5.73 Å². The third-order valence-electron chi connectivity index (χ3n) is 4.23. The summed E-state index contributed by atoms with van der Waals surface area (Å²) in [7, 11) is 0. The smallest absolute Gasteiger partial charge is 0.310 e. The van der Waals surface area contributed by atoms with E-state index in [1.807, 2.05) is 39.5 Å². The number of nitrogens with zero attached hydrogens (tertiary/aromatic N) is 1. The molecule has 0 aliphatic heterocycles. The zero-order chi connectivity index (χ0) is 16.6. The predicted octanol–water partition coefficient (Wildman–Crippen LogP) is 1.80. The van der Waals surface area contributed by atoms with Crippen molar-refractivity contribution in [3.63, 3.8) is 0 Å². The van der Waals surface area contributed by atoms with Crippen molar-refractivity contribution in [3.05, 3.63) is 0 Å². The van der Waals surface area contributed by atoms with Gasteiger partial charge in [-0.05, 0) is 46.0 Å². The summed E-state index contributed by atoms with van der Waals surface area (Å²) in [5.41, 5.74) is 4.74. The number of carbonyl (C=O) groups is 2. The molecule has 0 heterocycles. The largest absolute Gasteiger partial charge is 0.460 e. The van der Waals surface area contributed by atoms with E-state index in [9.17, 15) is 9.59 Å². The molecule has 122 valence electrons. The lowest BCUT2D eigenvalue weighted by Crippen LogP contribution is -2.40. The fourth-order valence-electron chi connectivity index (χ4n) is 2.83. The number of amides is 1. The SMILES string of the molecule is CC(C)N(CC(N)=O)C[C@@H]1[C@H](C(=O)OC(C)(C)C)C1(C)C. The van der Waals surface area contributed by atoms with Crippen LogP contribution in [0.2, 0.25) is 0 Å². The molecule has 21 heavy (non-hydrogen) atoms. The first-order chi connectivity index (χ1) is 9.36. The Bertz CT molecular complexity index is 410. The average molecular weight is 298 g/mol. The van der Waals surface area contributed by atoms with Gasteiger partial charge < -0.3 is 10.5 Å². The molecule has 2 N–H and O–H groups in total. The van der Waals surface area contributed by atoms with Gasteiger partial charge >= 0.3 is 5.97 Å². The Morgan fingerprint density at radius 2 is 1.81 bits per heavy atom. The van der Waals surface area contributed by atoms with E-state index in [4.69, 9.17) is 10.5 Å². The van der Waals surface area contributed by atoms with E-state index < -0.39 is 5.60 Å². The van der Waals surface area contributed by atoms with Crippen molar-refractivity contribution in [2.24, 2.45) is 23.0 Å². The van der Waals surface area contributed by atoms with Gasteiger partial charge in [-0.25, -0.2) is 0 Å². The molecule has 5 heteroatoms. The standard InChI is InChI=1S/C16H30N2O3/c1-10(2)18(9-12(17)19)8-11-13(16(11,6)7)14(20)21-15(3,4)5/h10-11,13H,8-9H2,1-7H3,(H2,17,19)/t11-,13-/m1/s1. The van der Waals surface area contributed by atoms with Crippen molar-refractivity contribution < 1.29 is 14.3 Å². The minimum Gasteiger partial charge on any atom is -0.460 e. The molecule has 0 radical (unpaired) electrons. The molecule has 5 nitrogen and oxygen atoms in total. The second-order valence-corrected chi connectivity index (χ2v) is 7.93. The maximum absolute atomic E-state index is 12.3. The van der Waals surface area contributed by atoms with Crippen LogP contribution in [0.4, 0.5) is 0 Å². The van der Waals surface area contributed by atoms with E-state index in [2.05, 4.69) is 13.8 Å². The molecule has 1 amide bonds. The second-order valence-electron chi connectivity index (χ2n) is 7.93. The van der Waals surface area contributed by atoms with E-state index in [0.717, 1.165) is 0 Å². The van der Waals surface area contributed by atoms with E-state index in [0.29, 0.717) is 6.54 Å². The Hall–Kier alpha value is -1.10. The monoisotopic (exact) mass is 298 g/mol. The Morgan fingerprint density at radius 1 is 1.29 bits per heavy atom. The summed E-state index contributed by atoms with van der Waals surface area (Å²) in [6.07, 6.45) is 0. The number of nitrogens with two attached hydrogens (primary N) is 1. The zero-order valence-corrected chi connectivity index (χ0v) is 14.4. The second kappa shape index (κ2) is 5.95. The number of hydrogen-bond donors (Lipinski definition) is 1. The molecule has 0 aromatic rings. The maximum atomic E-state index is 12.3. The van der Waals surface area contributed by atoms with Gasteiger partial charge in [-0.1, -0.05) is 13.8 Å². The number of hydrogen-bond acceptors (Lipinski definition) is 4. The van der Waals surface area contributed by atoms with Gasteiger partial charge in [-0.15, -0.1) is 0 Å². The molecule has 0 spiro atoms. The van der Waals surface area contributed by atoms with Gasteiger partial charge in [0.15, 0.2) is 0 Å². The summed E-state index contributed by atoms with van der Waals surface area (Å²) >= 11 is 0. The summed E-state index contributed by atoms with van der Waals surface area (Å²) < 4.78 is 5.50. The highest BCUT2D eigenvalue weighted by Gasteiger charge is 2.63. The van der Waals surface area contributed by atoms with Crippen LogP contribution in [-0.2, 0) is 14.3 Å². The van der Waals surface area contributed by atoms with Gasteiger partial charge in [0, 0.05) is 12.6 Å². The minimum absolute atomic E-state index is 0.0902. The molecule has 0 saturated heterocycles. The van der Waals surface area contributed by atoms with Gasteiger partial charge in [0.25, 0.3) is 0 Å². The first kappa shape index (κ1) is 18.0. The quantitative estimate of drug-likeness (QED) is 0.759. The van der Waals surface area contributed by atoms with Crippen molar-refractivity contribution in [1.29, 1.82) is 0 Å². The molecule has 0 bridgehead atoms. The van der Waals surface area contributed by atoms with Crippen molar-refractivity contribution in [2.45, 2.75) is 60.1 Å². The highest BCUT2D eigenvalue weighted by Crippen LogP contribution is 2.59. The molecule has 1 aliphatic carbocycles. The molecule has 0 aromatic heterocycles. The van der Waals surface area contributed by atoms with Crippen LogP contribution in [-0.4, -0.2) is 41.5 Å². The molecule has 1 aliphatic rings. The van der Waals surface area contributed by atoms with Gasteiger partial charge in [0.1, 0.15) is 5.60 Å². The molecule has 1 fully saturated rings. The Balaban J connectivity index is 2.71. The van der Waals surface area contributed by atoms with Crippen molar-refractivity contribution in [1.82, 2.24) is 4.90 Å². The summed E-state index contributed by atoms with van der Waals surface area (Å²) in [5, 5.41) is 0. The lowest BCUT2D eigenvalue weighted by Gasteiger charge is -2.25. The van der Waals surface area contributed by atoms with Crippen LogP contribution in [0.3, 0.4) is 0 Å². The third-order valence-corrected chi connectivity index (χ3v) is 4.23. The van der Waals surface area contributed by atoms with Gasteiger partial charge in [-0.3, -0.25) is 14.5 Å². The lowest BCUT2D eigenvalue weighted by atomic mass is 10.1. The summed E-state index contributed by atoms with van der Waals surface area (Å²) in [5.74, 6) is -0.379. The van der Waals surface area contributed by atoms with E-state index in [-0.39, 0.29) is 41.7 Å². The Kier molecular flexibility index (Phi) is 5.09. The Labute approximate surface area is 128 Å². The first-order valence-corrected chi connectivity index (χ1v) is 7.61. The zero-order valence-electron chi connectivity index (χ0n) is 14.4. The van der Waals surface area contributed by atoms with E-state index in [1.165, 1.54) is 0 Å². The number of rotatable bonds is 6. The fourth-order valence-corrected chi connectivity index (χ4v) is 2.83. The predicted molar refractivity (Wildman–Crippen MR) is 82.5 cm³/mol. The van der Waals surface area contributed by atoms with E-state index in [1.54, 1.807) is 0 Å². The van der Waals surface area contributed by atoms with Crippen molar-refractivity contribution in [2.75, 3.05) is 13.1 Å². The van der Waals surface area contributed by atoms with Crippen LogP contribution in [0.1, 0.15) is 48.5 Å². The number of esters is 1. The summed E-state index contributed by atoms with van der Waals surface area (Å²) in [4.78, 5) is 25.5. The Morgan fingerprint density at radius 3 is 2.19 bits per heavy atom. The average Bonchev–Trinajstić information content (AvgIpc) is 2.76. The van der Waals surface area contributed by atoms with Crippen molar-refractivity contribution in [3.8, 4) is 0 Å². The minimum atomic E-state index is -0.467. The van der Waals surface area contributed by atoms with Gasteiger partial charge in [-0.2, -0.15) is 0 Å². The van der Waals surface area contributed by atoms with Crippen LogP contribution >= 0.6 is 0 Å². The molecular formula is C16H30N2O3. The molecule has 0 unspecified atom stereocenters. The lowest BCUT2D eigenvalue weighted by molar-refractivity contribution is -0.157. The molecule has 1 saturated carbocycles. The van der Waals surface area contributed by atoms with Crippen LogP contribution in [0, 0.1) is 17.3 Å². The first-order valence-electron chi connectivity index (χ1n) is 7.61. The molecule has 2 atom stereocenters. The fraction of sp³-hybridized carbons (Fsp3) is 0.875. The van der Waals surface area contributed by atoms with Crippen LogP contribution in [0.5, 0.6) is 0 Å². The van der Waals surface area contributed by atoms with Gasteiger partial charge in [0.05, 0.1) is 12.5 Å². The molecule has 0 aromatic carbocycles. The number of primary amides is 1. The highest BCUT2D eigenvalue weighted by atomic mass is 16.6.